The van der Waals surface area contributed by atoms with E-state index in [9.17, 15) is 14.7 Å². The van der Waals surface area contributed by atoms with Gasteiger partial charge in [-0.3, -0.25) is 9.78 Å². The third kappa shape index (κ3) is 5.23. The molecule has 4 aromatic rings. The Morgan fingerprint density at radius 2 is 2.00 bits per heavy atom. The molecule has 0 saturated carbocycles. The van der Waals surface area contributed by atoms with Crippen LogP contribution in [0.2, 0.25) is 5.02 Å². The molecule has 11 heteroatoms. The summed E-state index contributed by atoms with van der Waals surface area (Å²) in [7, 11) is 1.53. The zero-order valence-electron chi connectivity index (χ0n) is 21.6. The number of anilines is 2. The van der Waals surface area contributed by atoms with Crippen molar-refractivity contribution in [3.8, 4) is 17.1 Å². The molecular weight excluding hydrogens is 552 g/mol. The lowest BCUT2D eigenvalue weighted by molar-refractivity contribution is -0.115. The van der Waals surface area contributed by atoms with Gasteiger partial charge < -0.3 is 29.8 Å². The Kier molecular flexibility index (Phi) is 7.72. The summed E-state index contributed by atoms with van der Waals surface area (Å²) in [4.78, 5) is 30.0. The average molecular weight is 577 g/mol. The predicted molar refractivity (Wildman–Crippen MR) is 156 cm³/mol. The van der Waals surface area contributed by atoms with E-state index >= 15 is 0 Å². The van der Waals surface area contributed by atoms with E-state index < -0.39 is 12.0 Å². The van der Waals surface area contributed by atoms with Gasteiger partial charge in [0.2, 0.25) is 5.91 Å². The number of nitrogens with one attached hydrogen (secondary N) is 2. The minimum absolute atomic E-state index is 0.0939. The first-order valence-corrected chi connectivity index (χ1v) is 13.2. The van der Waals surface area contributed by atoms with Gasteiger partial charge >= 0.3 is 5.97 Å². The second-order valence-corrected chi connectivity index (χ2v) is 9.78. The third-order valence-corrected chi connectivity index (χ3v) is 7.20. The molecule has 204 valence electrons. The molecule has 0 radical (unpaired) electrons. The fourth-order valence-corrected chi connectivity index (χ4v) is 5.15. The van der Waals surface area contributed by atoms with Crippen LogP contribution in [0, 0.1) is 0 Å². The highest BCUT2D eigenvalue weighted by Crippen LogP contribution is 2.45. The average Bonchev–Trinajstić information content (AvgIpc) is 3.58. The summed E-state index contributed by atoms with van der Waals surface area (Å²) >= 11 is 12.2. The van der Waals surface area contributed by atoms with Gasteiger partial charge in [-0.05, 0) is 66.8 Å². The van der Waals surface area contributed by atoms with Gasteiger partial charge in [-0.15, -0.1) is 0 Å². The lowest BCUT2D eigenvalue weighted by atomic mass is 10.0. The van der Waals surface area contributed by atoms with Crippen LogP contribution >= 0.6 is 23.8 Å². The molecule has 0 aliphatic carbocycles. The molecule has 2 atom stereocenters. The lowest BCUT2D eigenvalue weighted by Gasteiger charge is -2.27. The summed E-state index contributed by atoms with van der Waals surface area (Å²) in [6.07, 6.45) is 2.04. The Bertz CT molecular complexity index is 1590. The van der Waals surface area contributed by atoms with E-state index in [1.165, 1.54) is 25.3 Å². The topological polar surface area (TPSA) is 117 Å². The number of hydrogen-bond acceptors (Lipinski definition) is 6. The molecule has 5 rings (SSSR count). The van der Waals surface area contributed by atoms with Crippen molar-refractivity contribution in [3.63, 3.8) is 0 Å². The number of nitrogens with zero attached hydrogens (tertiary/aromatic N) is 2. The molecule has 1 fully saturated rings. The molecule has 3 N–H and O–H groups in total. The maximum Gasteiger partial charge on any atom is 0.335 e. The number of carbonyl (C=O) groups is 2. The van der Waals surface area contributed by atoms with Gasteiger partial charge in [0, 0.05) is 29.9 Å². The fraction of sp³-hybridized carbons (Fsp3) is 0.172. The third-order valence-electron chi connectivity index (χ3n) is 6.55. The molecule has 1 amide bonds. The first kappa shape index (κ1) is 27.2. The first-order valence-electron chi connectivity index (χ1n) is 12.4. The number of benzene rings is 2. The van der Waals surface area contributed by atoms with Crippen molar-refractivity contribution in [2.75, 3.05) is 17.3 Å². The highest BCUT2D eigenvalue weighted by atomic mass is 35.5. The van der Waals surface area contributed by atoms with Gasteiger partial charge in [-0.2, -0.15) is 0 Å². The van der Waals surface area contributed by atoms with E-state index in [2.05, 4.69) is 15.6 Å². The molecule has 1 saturated heterocycles. The lowest BCUT2D eigenvalue weighted by Crippen LogP contribution is -2.29. The summed E-state index contributed by atoms with van der Waals surface area (Å²) < 4.78 is 11.9. The highest BCUT2D eigenvalue weighted by molar-refractivity contribution is 7.80. The van der Waals surface area contributed by atoms with Gasteiger partial charge in [0.1, 0.15) is 23.3 Å². The number of furan rings is 1. The number of aromatic nitrogens is 1. The number of methoxy groups -OCH3 is 1. The molecule has 3 heterocycles. The SMILES string of the molecule is CCC(=O)Nc1ccc(N2C(=S)N[C@@H](c3ccccn3)[C@H]2c2ccc(-c3cc(C(=O)O)ccc3Cl)o2)cc1OC. The quantitative estimate of drug-likeness (QED) is 0.210. The van der Waals surface area contributed by atoms with Crippen LogP contribution in [0.5, 0.6) is 5.75 Å². The smallest absolute Gasteiger partial charge is 0.335 e. The minimum Gasteiger partial charge on any atom is -0.494 e. The van der Waals surface area contributed by atoms with Crippen LogP contribution in [-0.4, -0.2) is 34.2 Å². The number of ether oxygens (including phenoxy) is 1. The van der Waals surface area contributed by atoms with E-state index in [4.69, 9.17) is 33.0 Å². The number of carboxylic acid groups (broad SMARTS) is 1. The summed E-state index contributed by atoms with van der Waals surface area (Å²) in [6, 6.07) is 18.2. The summed E-state index contributed by atoms with van der Waals surface area (Å²) in [5, 5.41) is 16.5. The molecule has 0 spiro atoms. The Hall–Kier alpha value is -4.41. The molecule has 40 heavy (non-hydrogen) atoms. The molecule has 2 aromatic carbocycles. The van der Waals surface area contributed by atoms with E-state index in [0.29, 0.717) is 50.8 Å². The summed E-state index contributed by atoms with van der Waals surface area (Å²) in [5.41, 5.74) is 2.55. The largest absolute Gasteiger partial charge is 0.494 e. The molecule has 2 aromatic heterocycles. The molecule has 1 aliphatic heterocycles. The zero-order chi connectivity index (χ0) is 28.4. The van der Waals surface area contributed by atoms with Gasteiger partial charge in [0.05, 0.1) is 35.1 Å². The van der Waals surface area contributed by atoms with Crippen molar-refractivity contribution in [3.05, 3.63) is 95.0 Å². The van der Waals surface area contributed by atoms with Gasteiger partial charge in [-0.1, -0.05) is 24.6 Å². The van der Waals surface area contributed by atoms with Crippen LogP contribution in [0.25, 0.3) is 11.3 Å². The number of hydrogen-bond donors (Lipinski definition) is 3. The van der Waals surface area contributed by atoms with Crippen molar-refractivity contribution in [1.29, 1.82) is 0 Å². The Morgan fingerprint density at radius 1 is 1.18 bits per heavy atom. The molecule has 0 unspecified atom stereocenters. The van der Waals surface area contributed by atoms with Gasteiger partial charge in [0.15, 0.2) is 5.11 Å². The highest BCUT2D eigenvalue weighted by Gasteiger charge is 2.43. The normalized spacial score (nSPS) is 16.5. The number of pyridine rings is 1. The molecular formula is C29H25ClN4O5S. The predicted octanol–water partition coefficient (Wildman–Crippen LogP) is 6.23. The number of carbonyl (C=O) groups excluding carboxylic acids is 1. The Morgan fingerprint density at radius 3 is 2.70 bits per heavy atom. The Balaban J connectivity index is 1.59. The van der Waals surface area contributed by atoms with E-state index in [1.807, 2.05) is 35.2 Å². The number of thiocarbonyl (C=S) groups is 1. The standard InChI is InChI=1S/C29H25ClN4O5S/c1-3-25(35)32-20-10-8-17(15-24(20)38-2)34-27(26(33-29(34)40)21-6-4-5-13-31-21)23-12-11-22(39-23)18-14-16(28(36)37)7-9-19(18)30/h4-15,26-27H,3H2,1-2H3,(H,32,35)(H,33,40)(H,36,37)/t26-,27+/m0/s1. The van der Waals surface area contributed by atoms with Gasteiger partial charge in [0.25, 0.3) is 0 Å². The van der Waals surface area contributed by atoms with Crippen molar-refractivity contribution in [2.45, 2.75) is 25.4 Å². The molecule has 0 bridgehead atoms. The Labute approximate surface area is 240 Å². The minimum atomic E-state index is -1.07. The maximum absolute atomic E-state index is 12.0. The summed E-state index contributed by atoms with van der Waals surface area (Å²) in [6.45, 7) is 1.77. The van der Waals surface area contributed by atoms with Crippen molar-refractivity contribution >= 4 is 52.2 Å². The van der Waals surface area contributed by atoms with Crippen LogP contribution in [-0.2, 0) is 4.79 Å². The number of rotatable bonds is 8. The fourth-order valence-electron chi connectivity index (χ4n) is 4.60. The number of carboxylic acids is 1. The second-order valence-electron chi connectivity index (χ2n) is 8.98. The van der Waals surface area contributed by atoms with Crippen LogP contribution in [0.1, 0.15) is 47.2 Å². The second kappa shape index (κ2) is 11.4. The van der Waals surface area contributed by atoms with E-state index in [0.717, 1.165) is 5.69 Å². The monoisotopic (exact) mass is 576 g/mol. The maximum atomic E-state index is 12.0. The zero-order valence-corrected chi connectivity index (χ0v) is 23.1. The van der Waals surface area contributed by atoms with Crippen LogP contribution in [0.3, 0.4) is 0 Å². The van der Waals surface area contributed by atoms with Crippen LogP contribution in [0.4, 0.5) is 11.4 Å². The summed E-state index contributed by atoms with van der Waals surface area (Å²) in [5.74, 6) is 0.239. The van der Waals surface area contributed by atoms with E-state index in [-0.39, 0.29) is 17.5 Å². The van der Waals surface area contributed by atoms with Gasteiger partial charge in [-0.25, -0.2) is 4.79 Å². The number of amides is 1. The first-order chi connectivity index (χ1) is 19.3. The number of aromatic carboxylic acids is 1. The number of halogens is 1. The van der Waals surface area contributed by atoms with Crippen LogP contribution in [0.15, 0.2) is 77.3 Å². The van der Waals surface area contributed by atoms with E-state index in [1.54, 1.807) is 31.3 Å². The van der Waals surface area contributed by atoms with Crippen LogP contribution < -0.4 is 20.3 Å². The van der Waals surface area contributed by atoms with Crippen molar-refractivity contribution in [1.82, 2.24) is 10.3 Å². The molecule has 9 nitrogen and oxygen atoms in total. The molecule has 1 aliphatic rings. The van der Waals surface area contributed by atoms with Crippen molar-refractivity contribution in [2.24, 2.45) is 0 Å². The van der Waals surface area contributed by atoms with Crippen molar-refractivity contribution < 1.29 is 23.8 Å².